The van der Waals surface area contributed by atoms with Crippen LogP contribution in [0.5, 0.6) is 5.75 Å². The largest absolute Gasteiger partial charge is 0.491 e. The van der Waals surface area contributed by atoms with E-state index in [2.05, 4.69) is 17.4 Å². The third-order valence-electron chi connectivity index (χ3n) is 4.59. The number of ether oxygens (including phenoxy) is 2. The van der Waals surface area contributed by atoms with Gasteiger partial charge in [-0.2, -0.15) is 0 Å². The molecule has 1 saturated carbocycles. The Hall–Kier alpha value is -1.06. The Kier molecular flexibility index (Phi) is 4.27. The maximum Gasteiger partial charge on any atom is 0.119 e. The summed E-state index contributed by atoms with van der Waals surface area (Å²) in [6.07, 6.45) is 7.83. The molecule has 1 saturated heterocycles. The molecule has 1 aromatic rings. The van der Waals surface area contributed by atoms with Gasteiger partial charge in [0.1, 0.15) is 12.4 Å². The van der Waals surface area contributed by atoms with Crippen molar-refractivity contribution < 1.29 is 9.47 Å². The van der Waals surface area contributed by atoms with Gasteiger partial charge in [0.15, 0.2) is 0 Å². The molecule has 20 heavy (non-hydrogen) atoms. The van der Waals surface area contributed by atoms with E-state index in [0.29, 0.717) is 6.61 Å². The standard InChI is InChI=1S/C17H25NO2/c1-18-12-14-4-6-15(7-5-14)19-13-16-8-11-17(20-16)9-2-3-10-17/h4-7,16,18H,2-3,8-13H2,1H3. The quantitative estimate of drug-likeness (QED) is 0.894. The van der Waals surface area contributed by atoms with E-state index in [4.69, 9.17) is 9.47 Å². The highest BCUT2D eigenvalue weighted by atomic mass is 16.6. The Morgan fingerprint density at radius 2 is 1.95 bits per heavy atom. The average molecular weight is 275 g/mol. The molecule has 1 N–H and O–H groups in total. The first-order valence-electron chi connectivity index (χ1n) is 7.84. The van der Waals surface area contributed by atoms with Crippen LogP contribution in [-0.4, -0.2) is 25.4 Å². The fourth-order valence-electron chi connectivity index (χ4n) is 3.50. The summed E-state index contributed by atoms with van der Waals surface area (Å²) in [5.74, 6) is 0.945. The van der Waals surface area contributed by atoms with Crippen LogP contribution in [0.25, 0.3) is 0 Å². The SMILES string of the molecule is CNCc1ccc(OCC2CCC3(CCCC3)O2)cc1. The van der Waals surface area contributed by atoms with E-state index in [1.54, 1.807) is 0 Å². The second-order valence-electron chi connectivity index (χ2n) is 6.15. The van der Waals surface area contributed by atoms with Gasteiger partial charge in [0, 0.05) is 6.54 Å². The monoisotopic (exact) mass is 275 g/mol. The van der Waals surface area contributed by atoms with Crippen LogP contribution in [0.3, 0.4) is 0 Å². The summed E-state index contributed by atoms with van der Waals surface area (Å²) in [6.45, 7) is 1.58. The first-order chi connectivity index (χ1) is 9.80. The lowest BCUT2D eigenvalue weighted by atomic mass is 9.98. The fraction of sp³-hybridized carbons (Fsp3) is 0.647. The normalized spacial score (nSPS) is 24.4. The summed E-state index contributed by atoms with van der Waals surface area (Å²) in [6, 6.07) is 8.32. The molecule has 1 aliphatic carbocycles. The van der Waals surface area contributed by atoms with E-state index in [9.17, 15) is 0 Å². The molecule has 0 aromatic heterocycles. The van der Waals surface area contributed by atoms with Crippen molar-refractivity contribution in [3.8, 4) is 5.75 Å². The van der Waals surface area contributed by atoms with Gasteiger partial charge in [-0.15, -0.1) is 0 Å². The number of rotatable bonds is 5. The van der Waals surface area contributed by atoms with Crippen molar-refractivity contribution >= 4 is 0 Å². The molecule has 1 unspecified atom stereocenters. The minimum Gasteiger partial charge on any atom is -0.491 e. The van der Waals surface area contributed by atoms with E-state index in [0.717, 1.165) is 18.7 Å². The summed E-state index contributed by atoms with van der Waals surface area (Å²) in [4.78, 5) is 0. The van der Waals surface area contributed by atoms with Crippen LogP contribution in [0.15, 0.2) is 24.3 Å². The molecule has 1 aromatic carbocycles. The Bertz CT molecular complexity index is 423. The van der Waals surface area contributed by atoms with Crippen molar-refractivity contribution in [1.82, 2.24) is 5.32 Å². The van der Waals surface area contributed by atoms with Crippen molar-refractivity contribution in [2.75, 3.05) is 13.7 Å². The molecule has 2 fully saturated rings. The second kappa shape index (κ2) is 6.15. The van der Waals surface area contributed by atoms with Crippen LogP contribution in [0.2, 0.25) is 0 Å². The number of benzene rings is 1. The molecule has 0 amide bonds. The Morgan fingerprint density at radius 3 is 2.65 bits per heavy atom. The van der Waals surface area contributed by atoms with E-state index in [1.165, 1.54) is 37.7 Å². The molecule has 3 heteroatoms. The van der Waals surface area contributed by atoms with Crippen molar-refractivity contribution in [2.45, 2.75) is 56.8 Å². The van der Waals surface area contributed by atoms with Gasteiger partial charge >= 0.3 is 0 Å². The van der Waals surface area contributed by atoms with Gasteiger partial charge in [-0.05, 0) is 50.4 Å². The lowest BCUT2D eigenvalue weighted by molar-refractivity contribution is -0.0508. The molecule has 0 bridgehead atoms. The molecule has 3 rings (SSSR count). The van der Waals surface area contributed by atoms with Gasteiger partial charge in [-0.25, -0.2) is 0 Å². The Labute approximate surface area is 121 Å². The van der Waals surface area contributed by atoms with Crippen molar-refractivity contribution in [3.05, 3.63) is 29.8 Å². The van der Waals surface area contributed by atoms with Gasteiger partial charge in [0.2, 0.25) is 0 Å². The minimum atomic E-state index is 0.213. The number of nitrogens with one attached hydrogen (secondary N) is 1. The molecular formula is C17H25NO2. The van der Waals surface area contributed by atoms with Crippen LogP contribution in [0.4, 0.5) is 0 Å². The van der Waals surface area contributed by atoms with Gasteiger partial charge in [0.05, 0.1) is 11.7 Å². The average Bonchev–Trinajstić information content (AvgIpc) is 3.09. The summed E-state index contributed by atoms with van der Waals surface area (Å²) in [7, 11) is 1.96. The van der Waals surface area contributed by atoms with Crippen molar-refractivity contribution in [1.29, 1.82) is 0 Å². The van der Waals surface area contributed by atoms with Crippen LogP contribution < -0.4 is 10.1 Å². The number of hydrogen-bond donors (Lipinski definition) is 1. The van der Waals surface area contributed by atoms with Crippen LogP contribution in [-0.2, 0) is 11.3 Å². The van der Waals surface area contributed by atoms with Crippen LogP contribution in [0, 0.1) is 0 Å². The Balaban J connectivity index is 1.47. The van der Waals surface area contributed by atoms with Gasteiger partial charge in [-0.1, -0.05) is 25.0 Å². The highest BCUT2D eigenvalue weighted by Crippen LogP contribution is 2.43. The predicted octanol–water partition coefficient (Wildman–Crippen LogP) is 3.28. The zero-order valence-electron chi connectivity index (χ0n) is 12.4. The maximum atomic E-state index is 6.26. The van der Waals surface area contributed by atoms with Crippen LogP contribution >= 0.6 is 0 Å². The van der Waals surface area contributed by atoms with E-state index in [-0.39, 0.29) is 11.7 Å². The van der Waals surface area contributed by atoms with Crippen molar-refractivity contribution in [3.63, 3.8) is 0 Å². The molecular weight excluding hydrogens is 250 g/mol. The molecule has 1 aliphatic heterocycles. The molecule has 2 aliphatic rings. The lowest BCUT2D eigenvalue weighted by Gasteiger charge is -2.23. The molecule has 1 heterocycles. The predicted molar refractivity (Wildman–Crippen MR) is 80.0 cm³/mol. The zero-order valence-corrected chi connectivity index (χ0v) is 12.4. The minimum absolute atomic E-state index is 0.213. The molecule has 0 radical (unpaired) electrons. The maximum absolute atomic E-state index is 6.26. The third-order valence-corrected chi connectivity index (χ3v) is 4.59. The van der Waals surface area contributed by atoms with Gasteiger partial charge in [0.25, 0.3) is 0 Å². The zero-order chi connectivity index (χ0) is 13.8. The van der Waals surface area contributed by atoms with E-state index >= 15 is 0 Å². The Morgan fingerprint density at radius 1 is 1.20 bits per heavy atom. The summed E-state index contributed by atoms with van der Waals surface area (Å²) < 4.78 is 12.1. The second-order valence-corrected chi connectivity index (χ2v) is 6.15. The molecule has 3 nitrogen and oxygen atoms in total. The topological polar surface area (TPSA) is 30.5 Å². The summed E-state index contributed by atoms with van der Waals surface area (Å²) >= 11 is 0. The molecule has 1 spiro atoms. The fourth-order valence-corrected chi connectivity index (χ4v) is 3.50. The van der Waals surface area contributed by atoms with E-state index < -0.39 is 0 Å². The van der Waals surface area contributed by atoms with Gasteiger partial charge < -0.3 is 14.8 Å². The first kappa shape index (κ1) is 13.9. The van der Waals surface area contributed by atoms with Crippen molar-refractivity contribution in [2.24, 2.45) is 0 Å². The first-order valence-corrected chi connectivity index (χ1v) is 7.84. The highest BCUT2D eigenvalue weighted by Gasteiger charge is 2.42. The third kappa shape index (κ3) is 3.15. The molecule has 110 valence electrons. The highest BCUT2D eigenvalue weighted by molar-refractivity contribution is 5.27. The van der Waals surface area contributed by atoms with Crippen LogP contribution in [0.1, 0.15) is 44.1 Å². The smallest absolute Gasteiger partial charge is 0.119 e. The lowest BCUT2D eigenvalue weighted by Crippen LogP contribution is -2.27. The van der Waals surface area contributed by atoms with E-state index in [1.807, 2.05) is 19.2 Å². The summed E-state index contributed by atoms with van der Waals surface area (Å²) in [5, 5.41) is 3.15. The molecule has 1 atom stereocenters. The van der Waals surface area contributed by atoms with Gasteiger partial charge in [-0.3, -0.25) is 0 Å². The number of hydrogen-bond acceptors (Lipinski definition) is 3. The summed E-state index contributed by atoms with van der Waals surface area (Å²) in [5.41, 5.74) is 1.49.